The van der Waals surface area contributed by atoms with Gasteiger partial charge in [-0.1, -0.05) is 38.1 Å². The molecule has 0 saturated carbocycles. The van der Waals surface area contributed by atoms with Crippen molar-refractivity contribution < 1.29 is 19.1 Å². The Balaban J connectivity index is 1.57. The van der Waals surface area contributed by atoms with E-state index in [0.717, 1.165) is 35.1 Å². The predicted octanol–water partition coefficient (Wildman–Crippen LogP) is 4.76. The zero-order valence-electron chi connectivity index (χ0n) is 22.9. The number of Topliss-reactive ketones (excluding diaryl/α,β-unsaturated/α-hetero) is 2. The van der Waals surface area contributed by atoms with Gasteiger partial charge in [-0.25, -0.2) is 4.99 Å². The summed E-state index contributed by atoms with van der Waals surface area (Å²) in [5, 5.41) is 0. The Morgan fingerprint density at radius 1 is 1.05 bits per heavy atom. The van der Waals surface area contributed by atoms with Crippen molar-refractivity contribution in [1.82, 2.24) is 4.90 Å². The lowest BCUT2D eigenvalue weighted by Crippen LogP contribution is -2.34. The van der Waals surface area contributed by atoms with Crippen LogP contribution in [0.25, 0.3) is 17.2 Å². The van der Waals surface area contributed by atoms with Gasteiger partial charge in [-0.05, 0) is 48.6 Å². The van der Waals surface area contributed by atoms with Crippen LogP contribution < -0.4 is 5.73 Å². The summed E-state index contributed by atoms with van der Waals surface area (Å²) in [4.78, 5) is 49.0. The van der Waals surface area contributed by atoms with Gasteiger partial charge in [0.15, 0.2) is 11.6 Å². The van der Waals surface area contributed by atoms with Gasteiger partial charge in [0.2, 0.25) is 5.91 Å². The SMILES string of the molecule is CCCN(CCC)C(=O)C1=Cc2ccc(-c3ccc4c(c3)C=NC(CCC(=O)COC)C4=O)cc2N=C(N)C1. The van der Waals surface area contributed by atoms with Crippen molar-refractivity contribution in [2.45, 2.75) is 52.0 Å². The molecule has 2 aromatic rings. The smallest absolute Gasteiger partial charge is 0.250 e. The monoisotopic (exact) mass is 528 g/mol. The molecular weight excluding hydrogens is 492 g/mol. The molecule has 0 aliphatic carbocycles. The molecular formula is C31H36N4O4. The summed E-state index contributed by atoms with van der Waals surface area (Å²) in [6, 6.07) is 11.0. The maximum atomic E-state index is 13.2. The highest BCUT2D eigenvalue weighted by Crippen LogP contribution is 2.33. The van der Waals surface area contributed by atoms with Crippen LogP contribution in [0.1, 0.15) is 67.4 Å². The number of benzene rings is 2. The molecule has 0 spiro atoms. The second-order valence-corrected chi connectivity index (χ2v) is 9.99. The Morgan fingerprint density at radius 3 is 2.49 bits per heavy atom. The van der Waals surface area contributed by atoms with Gasteiger partial charge >= 0.3 is 0 Å². The molecule has 1 amide bonds. The number of aliphatic imine (C=N–C) groups is 2. The normalized spacial score (nSPS) is 16.1. The van der Waals surface area contributed by atoms with Gasteiger partial charge in [0, 0.05) is 61.5 Å². The average Bonchev–Trinajstić information content (AvgIpc) is 3.09. The number of nitrogens with zero attached hydrogens (tertiary/aromatic N) is 3. The number of fused-ring (bicyclic) bond motifs is 2. The minimum absolute atomic E-state index is 0.00813. The average molecular weight is 529 g/mol. The first-order chi connectivity index (χ1) is 18.8. The number of carbonyl (C=O) groups is 3. The van der Waals surface area contributed by atoms with E-state index < -0.39 is 6.04 Å². The highest BCUT2D eigenvalue weighted by Gasteiger charge is 2.26. The lowest BCUT2D eigenvalue weighted by Gasteiger charge is -2.22. The molecule has 0 fully saturated rings. The summed E-state index contributed by atoms with van der Waals surface area (Å²) >= 11 is 0. The number of rotatable bonds is 11. The number of amides is 1. The zero-order chi connectivity index (χ0) is 27.9. The molecule has 39 heavy (non-hydrogen) atoms. The largest absolute Gasteiger partial charge is 0.387 e. The third-order valence-electron chi connectivity index (χ3n) is 6.89. The Kier molecular flexibility index (Phi) is 9.19. The van der Waals surface area contributed by atoms with Gasteiger partial charge in [-0.15, -0.1) is 0 Å². The molecule has 1 unspecified atom stereocenters. The Labute approximate surface area is 229 Å². The highest BCUT2D eigenvalue weighted by atomic mass is 16.5. The lowest BCUT2D eigenvalue weighted by molar-refractivity contribution is -0.127. The van der Waals surface area contributed by atoms with Gasteiger partial charge in [0.1, 0.15) is 18.5 Å². The number of ether oxygens (including phenoxy) is 1. The van der Waals surface area contributed by atoms with Gasteiger partial charge in [0.25, 0.3) is 0 Å². The summed E-state index contributed by atoms with van der Waals surface area (Å²) in [5.41, 5.74) is 11.6. The fourth-order valence-corrected chi connectivity index (χ4v) is 4.99. The third-order valence-corrected chi connectivity index (χ3v) is 6.89. The first-order valence-electron chi connectivity index (χ1n) is 13.5. The molecule has 0 radical (unpaired) electrons. The van der Waals surface area contributed by atoms with Crippen molar-refractivity contribution in [2.24, 2.45) is 15.7 Å². The van der Waals surface area contributed by atoms with Crippen molar-refractivity contribution in [3.8, 4) is 11.1 Å². The van der Waals surface area contributed by atoms with Crippen molar-refractivity contribution in [1.29, 1.82) is 0 Å². The molecule has 1 atom stereocenters. The Hall–Kier alpha value is -3.91. The van der Waals surface area contributed by atoms with E-state index in [4.69, 9.17) is 10.5 Å². The summed E-state index contributed by atoms with van der Waals surface area (Å²) in [5.74, 6) is 0.287. The van der Waals surface area contributed by atoms with Gasteiger partial charge in [0.05, 0.1) is 5.69 Å². The maximum Gasteiger partial charge on any atom is 0.250 e. The van der Waals surface area contributed by atoms with E-state index in [2.05, 4.69) is 23.8 Å². The standard InChI is InChI=1S/C31H36N4O4/c1-4-12-35(13-5-2)31(38)23-15-22-7-6-21(16-28(22)34-29(32)17-23)20-8-10-26-24(14-20)18-33-27(30(26)37)11-9-25(36)19-39-3/h6-8,10,14-16,18,27H,4-5,9,11-13,17,19H2,1-3H3,(H2,32,34). The van der Waals surface area contributed by atoms with Crippen LogP contribution >= 0.6 is 0 Å². The van der Waals surface area contributed by atoms with E-state index in [0.29, 0.717) is 48.6 Å². The minimum Gasteiger partial charge on any atom is -0.387 e. The van der Waals surface area contributed by atoms with Gasteiger partial charge in [-0.2, -0.15) is 0 Å². The van der Waals surface area contributed by atoms with Gasteiger partial charge < -0.3 is 15.4 Å². The lowest BCUT2D eigenvalue weighted by atomic mass is 9.90. The summed E-state index contributed by atoms with van der Waals surface area (Å²) < 4.78 is 4.86. The van der Waals surface area contributed by atoms with Crippen LogP contribution in [0.5, 0.6) is 0 Å². The van der Waals surface area contributed by atoms with E-state index in [1.54, 1.807) is 6.21 Å². The summed E-state index contributed by atoms with van der Waals surface area (Å²) in [7, 11) is 1.48. The van der Waals surface area contributed by atoms with Crippen molar-refractivity contribution in [3.63, 3.8) is 0 Å². The van der Waals surface area contributed by atoms with Crippen LogP contribution in [0.2, 0.25) is 0 Å². The predicted molar refractivity (Wildman–Crippen MR) is 155 cm³/mol. The van der Waals surface area contributed by atoms with E-state index in [1.165, 1.54) is 7.11 Å². The van der Waals surface area contributed by atoms with Crippen LogP contribution in [0.15, 0.2) is 52.0 Å². The molecule has 2 heterocycles. The fourth-order valence-electron chi connectivity index (χ4n) is 4.99. The molecule has 2 aliphatic rings. The summed E-state index contributed by atoms with van der Waals surface area (Å²) in [6.07, 6.45) is 6.34. The first kappa shape index (κ1) is 28.1. The molecule has 8 nitrogen and oxygen atoms in total. The first-order valence-corrected chi connectivity index (χ1v) is 13.5. The second-order valence-electron chi connectivity index (χ2n) is 9.99. The van der Waals surface area contributed by atoms with Crippen molar-refractivity contribution in [3.05, 3.63) is 58.7 Å². The number of methoxy groups -OCH3 is 1. The molecule has 8 heteroatoms. The molecule has 2 aliphatic heterocycles. The van der Waals surface area contributed by atoms with Crippen LogP contribution in [-0.4, -0.2) is 67.3 Å². The van der Waals surface area contributed by atoms with Crippen LogP contribution in [0, 0.1) is 0 Å². The molecule has 2 N–H and O–H groups in total. The molecule has 204 valence electrons. The third kappa shape index (κ3) is 6.57. The molecule has 4 rings (SSSR count). The van der Waals surface area contributed by atoms with Crippen molar-refractivity contribution >= 4 is 41.3 Å². The van der Waals surface area contributed by atoms with E-state index in [-0.39, 0.29) is 30.5 Å². The number of carbonyl (C=O) groups excluding carboxylic acids is 3. The van der Waals surface area contributed by atoms with E-state index in [9.17, 15) is 14.4 Å². The Morgan fingerprint density at radius 2 is 1.77 bits per heavy atom. The zero-order valence-corrected chi connectivity index (χ0v) is 22.9. The van der Waals surface area contributed by atoms with Gasteiger partial charge in [-0.3, -0.25) is 19.4 Å². The van der Waals surface area contributed by atoms with Crippen LogP contribution in [-0.2, 0) is 14.3 Å². The number of hydrogen-bond acceptors (Lipinski definition) is 7. The fraction of sp³-hybridized carbons (Fsp3) is 0.387. The molecule has 0 saturated heterocycles. The van der Waals surface area contributed by atoms with E-state index >= 15 is 0 Å². The summed E-state index contributed by atoms with van der Waals surface area (Å²) in [6.45, 7) is 5.60. The quantitative estimate of drug-likeness (QED) is 0.452. The van der Waals surface area contributed by atoms with Crippen LogP contribution in [0.3, 0.4) is 0 Å². The topological polar surface area (TPSA) is 114 Å². The second kappa shape index (κ2) is 12.8. The number of nitrogens with two attached hydrogens (primary N) is 1. The molecule has 0 aromatic heterocycles. The van der Waals surface area contributed by atoms with Crippen LogP contribution in [0.4, 0.5) is 5.69 Å². The maximum absolute atomic E-state index is 13.2. The molecule has 2 aromatic carbocycles. The minimum atomic E-state index is -0.553. The number of ketones is 2. The van der Waals surface area contributed by atoms with Crippen molar-refractivity contribution in [2.75, 3.05) is 26.8 Å². The number of hydrogen-bond donors (Lipinski definition) is 1. The highest BCUT2D eigenvalue weighted by molar-refractivity contribution is 6.10. The van der Waals surface area contributed by atoms with E-state index in [1.807, 2.05) is 47.4 Å². The Bertz CT molecular complexity index is 1350. The number of amidine groups is 1. The molecule has 0 bridgehead atoms.